The number of carbonyl (C=O) groups excluding carboxylic acids is 1. The maximum atomic E-state index is 12.5. The molecule has 0 saturated heterocycles. The van der Waals surface area contributed by atoms with Crippen LogP contribution in [0, 0.1) is 10.1 Å². The molecule has 2 heterocycles. The molecule has 0 spiro atoms. The van der Waals surface area contributed by atoms with Gasteiger partial charge in [-0.2, -0.15) is 0 Å². The van der Waals surface area contributed by atoms with Gasteiger partial charge in [-0.1, -0.05) is 30.3 Å². The molecule has 2 aromatic rings. The Morgan fingerprint density at radius 3 is 2.68 bits per heavy atom. The number of hydrazine groups is 4. The largest absolute Gasteiger partial charge is 0.449 e. The minimum atomic E-state index is -0.680. The van der Waals surface area contributed by atoms with Crippen molar-refractivity contribution in [3.8, 4) is 0 Å². The third kappa shape index (κ3) is 4.00. The van der Waals surface area contributed by atoms with Crippen LogP contribution < -0.4 is 15.8 Å². The van der Waals surface area contributed by atoms with Gasteiger partial charge < -0.3 is 4.74 Å². The van der Waals surface area contributed by atoms with E-state index in [0.717, 1.165) is 10.8 Å². The number of pyridine rings is 1. The first-order valence-electron chi connectivity index (χ1n) is 8.41. The number of ether oxygens (including phenoxy) is 1. The van der Waals surface area contributed by atoms with E-state index in [4.69, 9.17) is 10.6 Å². The van der Waals surface area contributed by atoms with Gasteiger partial charge in [0.25, 0.3) is 0 Å². The van der Waals surface area contributed by atoms with E-state index in [1.54, 1.807) is 19.1 Å². The highest BCUT2D eigenvalue weighted by molar-refractivity contribution is 5.88. The van der Waals surface area contributed by atoms with Crippen molar-refractivity contribution < 1.29 is 14.6 Å². The Morgan fingerprint density at radius 2 is 2.04 bits per heavy atom. The molecule has 11 nitrogen and oxygen atoms in total. The smallest absolute Gasteiger partial charge is 0.414 e. The van der Waals surface area contributed by atoms with Crippen LogP contribution in [0.1, 0.15) is 12.5 Å². The van der Waals surface area contributed by atoms with Crippen molar-refractivity contribution in [2.75, 3.05) is 16.5 Å². The molecule has 1 aliphatic heterocycles. The second-order valence-corrected chi connectivity index (χ2v) is 5.66. The summed E-state index contributed by atoms with van der Waals surface area (Å²) in [4.78, 5) is 29.1. The van der Waals surface area contributed by atoms with Gasteiger partial charge in [-0.3, -0.25) is 4.90 Å². The van der Waals surface area contributed by atoms with Gasteiger partial charge in [0, 0.05) is 22.6 Å². The first-order chi connectivity index (χ1) is 13.5. The van der Waals surface area contributed by atoms with Gasteiger partial charge in [0.05, 0.1) is 25.0 Å². The van der Waals surface area contributed by atoms with Crippen molar-refractivity contribution in [2.45, 2.75) is 13.5 Å². The minimum absolute atomic E-state index is 0.227. The monoisotopic (exact) mass is 385 g/mol. The van der Waals surface area contributed by atoms with Crippen molar-refractivity contribution in [1.82, 2.24) is 15.3 Å². The summed E-state index contributed by atoms with van der Waals surface area (Å²) in [6.07, 6.45) is 3.54. The summed E-state index contributed by atoms with van der Waals surface area (Å²) in [7, 11) is 0. The van der Waals surface area contributed by atoms with Crippen molar-refractivity contribution in [3.63, 3.8) is 0 Å². The summed E-state index contributed by atoms with van der Waals surface area (Å²) in [5, 5.41) is 13.0. The number of nitrogens with two attached hydrogens (primary N) is 1. The summed E-state index contributed by atoms with van der Waals surface area (Å²) in [5.74, 6) is 6.04. The van der Waals surface area contributed by atoms with E-state index in [9.17, 15) is 14.9 Å². The van der Waals surface area contributed by atoms with E-state index < -0.39 is 11.1 Å². The number of nitrogens with zero attached hydrogens (tertiary/aromatic N) is 6. The molecule has 2 N–H and O–H groups in total. The Kier molecular flexibility index (Phi) is 5.67. The number of anilines is 2. The van der Waals surface area contributed by atoms with Gasteiger partial charge in [-0.05, 0) is 18.6 Å². The third-order valence-corrected chi connectivity index (χ3v) is 3.89. The zero-order valence-electron chi connectivity index (χ0n) is 15.1. The predicted molar refractivity (Wildman–Crippen MR) is 100 cm³/mol. The average Bonchev–Trinajstić information content (AvgIpc) is 3.09. The zero-order valence-corrected chi connectivity index (χ0v) is 15.1. The Balaban J connectivity index is 1.89. The molecule has 11 heteroatoms. The van der Waals surface area contributed by atoms with Gasteiger partial charge in [0.15, 0.2) is 10.9 Å². The number of aromatic nitrogens is 1. The lowest BCUT2D eigenvalue weighted by Crippen LogP contribution is -2.52. The third-order valence-electron chi connectivity index (χ3n) is 3.89. The van der Waals surface area contributed by atoms with Crippen LogP contribution in [-0.2, 0) is 11.3 Å². The number of nitro groups is 1. The lowest BCUT2D eigenvalue weighted by atomic mass is 10.2. The summed E-state index contributed by atoms with van der Waals surface area (Å²) < 4.78 is 5.17. The number of carbonyl (C=O) groups is 1. The molecule has 0 unspecified atom stereocenters. The highest BCUT2D eigenvalue weighted by Crippen LogP contribution is 2.25. The summed E-state index contributed by atoms with van der Waals surface area (Å²) in [6, 6.07) is 12.7. The second kappa shape index (κ2) is 8.33. The highest BCUT2D eigenvalue weighted by Gasteiger charge is 2.31. The van der Waals surface area contributed by atoms with Gasteiger partial charge in [0.2, 0.25) is 0 Å². The second-order valence-electron chi connectivity index (χ2n) is 5.66. The molecule has 0 aliphatic carbocycles. The normalized spacial score (nSPS) is 13.6. The van der Waals surface area contributed by atoms with Crippen LogP contribution >= 0.6 is 0 Å². The SMILES string of the molecule is CCOC(=O)N(Cc1ccccc1)c1ccnc(N2C=CN([N+](=O)[O-])N2N)c1. The molecular weight excluding hydrogens is 366 g/mol. The molecule has 0 bridgehead atoms. The number of benzene rings is 1. The summed E-state index contributed by atoms with van der Waals surface area (Å²) >= 11 is 0. The van der Waals surface area contributed by atoms with Gasteiger partial charge >= 0.3 is 6.09 Å². The quantitative estimate of drug-likeness (QED) is 0.452. The average molecular weight is 385 g/mol. The van der Waals surface area contributed by atoms with Gasteiger partial charge in [-0.25, -0.2) is 30.7 Å². The van der Waals surface area contributed by atoms with E-state index in [2.05, 4.69) is 4.98 Å². The topological polar surface area (TPSA) is 121 Å². The van der Waals surface area contributed by atoms with E-state index in [-0.39, 0.29) is 13.2 Å². The zero-order chi connectivity index (χ0) is 20.1. The molecule has 146 valence electrons. The van der Waals surface area contributed by atoms with Crippen molar-refractivity contribution in [3.05, 3.63) is 76.7 Å². The molecular formula is C17H19N7O4. The fourth-order valence-electron chi connectivity index (χ4n) is 2.60. The number of hydrogen-bond donors (Lipinski definition) is 1. The van der Waals surface area contributed by atoms with E-state index in [1.807, 2.05) is 30.3 Å². The lowest BCUT2D eigenvalue weighted by Gasteiger charge is -2.26. The highest BCUT2D eigenvalue weighted by atomic mass is 16.7. The Hall–Kier alpha value is -3.70. The molecule has 1 aromatic heterocycles. The number of hydrogen-bond acceptors (Lipinski definition) is 8. The minimum Gasteiger partial charge on any atom is -0.449 e. The summed E-state index contributed by atoms with van der Waals surface area (Å²) in [6.45, 7) is 2.24. The molecule has 1 amide bonds. The van der Waals surface area contributed by atoms with Gasteiger partial charge in [0.1, 0.15) is 6.20 Å². The molecule has 28 heavy (non-hydrogen) atoms. The predicted octanol–water partition coefficient (Wildman–Crippen LogP) is 2.04. The fourth-order valence-corrected chi connectivity index (χ4v) is 2.60. The number of rotatable bonds is 6. The Bertz CT molecular complexity index is 877. The number of amides is 1. The van der Waals surface area contributed by atoms with Crippen LogP contribution in [0.3, 0.4) is 0 Å². The summed E-state index contributed by atoms with van der Waals surface area (Å²) in [5.41, 5.74) is 1.42. The lowest BCUT2D eigenvalue weighted by molar-refractivity contribution is -0.681. The molecule has 0 atom stereocenters. The van der Waals surface area contributed by atoms with Crippen LogP contribution in [-0.4, -0.2) is 33.1 Å². The molecule has 0 saturated carbocycles. The van der Waals surface area contributed by atoms with Crippen LogP contribution in [0.15, 0.2) is 61.1 Å². The van der Waals surface area contributed by atoms with Crippen molar-refractivity contribution in [2.24, 2.45) is 5.84 Å². The van der Waals surface area contributed by atoms with Crippen LogP contribution in [0.5, 0.6) is 0 Å². The van der Waals surface area contributed by atoms with E-state index >= 15 is 0 Å². The maximum Gasteiger partial charge on any atom is 0.414 e. The van der Waals surface area contributed by atoms with Crippen molar-refractivity contribution >= 4 is 17.6 Å². The maximum absolute atomic E-state index is 12.5. The molecule has 3 rings (SSSR count). The molecule has 0 radical (unpaired) electrons. The van der Waals surface area contributed by atoms with Gasteiger partial charge in [-0.15, -0.1) is 0 Å². The Labute approximate surface area is 160 Å². The van der Waals surface area contributed by atoms with E-state index in [0.29, 0.717) is 16.6 Å². The standard InChI is InChI=1S/C17H19N7O4/c1-2-28-17(25)20(13-14-6-4-3-5-7-14)15-8-9-19-16(12-15)21-10-11-22(23(21)18)24(26)27/h3-12H,2,13,18H2,1H3. The van der Waals surface area contributed by atoms with Crippen molar-refractivity contribution in [1.29, 1.82) is 0 Å². The van der Waals surface area contributed by atoms with E-state index in [1.165, 1.54) is 28.5 Å². The van der Waals surface area contributed by atoms with Crippen LogP contribution in [0.4, 0.5) is 16.3 Å². The first kappa shape index (κ1) is 19.1. The molecule has 1 aromatic carbocycles. The van der Waals surface area contributed by atoms with Crippen LogP contribution in [0.2, 0.25) is 0 Å². The molecule has 0 fully saturated rings. The van der Waals surface area contributed by atoms with Crippen LogP contribution in [0.25, 0.3) is 0 Å². The first-order valence-corrected chi connectivity index (χ1v) is 8.41. The Morgan fingerprint density at radius 1 is 1.29 bits per heavy atom. The molecule has 1 aliphatic rings. The fraction of sp³-hybridized carbons (Fsp3) is 0.176.